The Morgan fingerprint density at radius 2 is 1.82 bits per heavy atom. The molecule has 0 bridgehead atoms. The van der Waals surface area contributed by atoms with Crippen LogP contribution in [0.15, 0.2) is 58.6 Å². The summed E-state index contributed by atoms with van der Waals surface area (Å²) >= 11 is 0. The van der Waals surface area contributed by atoms with E-state index in [1.165, 1.54) is 12.1 Å². The van der Waals surface area contributed by atoms with Crippen LogP contribution >= 0.6 is 0 Å². The fourth-order valence-corrected chi connectivity index (χ4v) is 2.90. The van der Waals surface area contributed by atoms with E-state index in [2.05, 4.69) is 5.16 Å². The first-order chi connectivity index (χ1) is 10.6. The number of para-hydroxylation sites is 1. The lowest BCUT2D eigenvalue weighted by Crippen LogP contribution is -2.17. The van der Waals surface area contributed by atoms with E-state index in [0.29, 0.717) is 24.5 Å². The van der Waals surface area contributed by atoms with E-state index in [1.54, 1.807) is 12.1 Å². The summed E-state index contributed by atoms with van der Waals surface area (Å²) in [5.41, 5.74) is 2.30. The molecule has 1 heterocycles. The molecule has 0 spiro atoms. The molecular weight excluding hydrogens is 302 g/mol. The van der Waals surface area contributed by atoms with Crippen LogP contribution < -0.4 is 4.74 Å². The molecule has 22 heavy (non-hydrogen) atoms. The Labute approximate surface area is 129 Å². The summed E-state index contributed by atoms with van der Waals surface area (Å²) in [4.78, 5) is 0.0859. The predicted octanol–water partition coefficient (Wildman–Crippen LogP) is 2.89. The number of aryl methyl sites for hydroxylation is 1. The summed E-state index contributed by atoms with van der Waals surface area (Å²) in [6.45, 7) is 2.33. The molecular formula is C16H15NO4S. The van der Waals surface area contributed by atoms with E-state index in [-0.39, 0.29) is 4.90 Å². The van der Waals surface area contributed by atoms with Crippen LogP contribution in [0.4, 0.5) is 0 Å². The van der Waals surface area contributed by atoms with Gasteiger partial charge in [-0.05, 0) is 31.2 Å². The molecule has 1 aliphatic heterocycles. The predicted molar refractivity (Wildman–Crippen MR) is 82.5 cm³/mol. The smallest absolute Gasteiger partial charge is 0.358 e. The van der Waals surface area contributed by atoms with Crippen LogP contribution in [0.1, 0.15) is 17.5 Å². The summed E-state index contributed by atoms with van der Waals surface area (Å²) in [5, 5.41) is 3.84. The molecule has 114 valence electrons. The van der Waals surface area contributed by atoms with Gasteiger partial charge in [0.25, 0.3) is 0 Å². The first-order valence-electron chi connectivity index (χ1n) is 6.86. The zero-order valence-electron chi connectivity index (χ0n) is 12.0. The van der Waals surface area contributed by atoms with Gasteiger partial charge in [0.15, 0.2) is 0 Å². The highest BCUT2D eigenvalue weighted by atomic mass is 32.2. The molecule has 0 aromatic heterocycles. The van der Waals surface area contributed by atoms with E-state index in [4.69, 9.17) is 9.02 Å². The number of benzene rings is 2. The van der Waals surface area contributed by atoms with Crippen LogP contribution in [0.5, 0.6) is 5.75 Å². The molecule has 2 aromatic rings. The zero-order chi connectivity index (χ0) is 15.6. The fraction of sp³-hybridized carbons (Fsp3) is 0.188. The summed E-state index contributed by atoms with van der Waals surface area (Å²) in [6.07, 6.45) is 0.500. The molecule has 2 aromatic carbocycles. The van der Waals surface area contributed by atoms with Crippen LogP contribution in [-0.2, 0) is 14.4 Å². The maximum Gasteiger partial charge on any atom is 0.358 e. The lowest BCUT2D eigenvalue weighted by molar-refractivity contribution is 0.308. The van der Waals surface area contributed by atoms with Gasteiger partial charge in [-0.1, -0.05) is 35.0 Å². The van der Waals surface area contributed by atoms with Gasteiger partial charge in [0.2, 0.25) is 0 Å². The Kier molecular flexibility index (Phi) is 3.85. The van der Waals surface area contributed by atoms with Crippen molar-refractivity contribution in [1.82, 2.24) is 0 Å². The summed E-state index contributed by atoms with van der Waals surface area (Å²) in [7, 11) is -3.91. The number of rotatable bonds is 3. The Hall–Kier alpha value is -2.34. The number of fused-ring (bicyclic) bond motifs is 1. The van der Waals surface area contributed by atoms with E-state index in [9.17, 15) is 8.42 Å². The second kappa shape index (κ2) is 5.81. The van der Waals surface area contributed by atoms with Crippen LogP contribution in [-0.4, -0.2) is 20.7 Å². The highest BCUT2D eigenvalue weighted by Crippen LogP contribution is 2.25. The summed E-state index contributed by atoms with van der Waals surface area (Å²) in [6, 6.07) is 13.8. The minimum absolute atomic E-state index is 0.0859. The summed E-state index contributed by atoms with van der Waals surface area (Å²) in [5.74, 6) is 0.684. The van der Waals surface area contributed by atoms with Gasteiger partial charge in [-0.25, -0.2) is 0 Å². The molecule has 6 heteroatoms. The minimum atomic E-state index is -3.91. The molecule has 5 nitrogen and oxygen atoms in total. The number of hydrogen-bond donors (Lipinski definition) is 0. The van der Waals surface area contributed by atoms with Crippen molar-refractivity contribution in [2.45, 2.75) is 18.2 Å². The van der Waals surface area contributed by atoms with E-state index >= 15 is 0 Å². The van der Waals surface area contributed by atoms with Crippen molar-refractivity contribution in [2.75, 3.05) is 6.61 Å². The van der Waals surface area contributed by atoms with Crippen molar-refractivity contribution in [2.24, 2.45) is 5.16 Å². The van der Waals surface area contributed by atoms with Crippen molar-refractivity contribution < 1.29 is 17.4 Å². The molecule has 0 amide bonds. The molecule has 0 saturated heterocycles. The van der Waals surface area contributed by atoms with Crippen molar-refractivity contribution in [3.63, 3.8) is 0 Å². The highest BCUT2D eigenvalue weighted by molar-refractivity contribution is 7.86. The quantitative estimate of drug-likeness (QED) is 0.817. The van der Waals surface area contributed by atoms with Crippen LogP contribution in [0, 0.1) is 6.92 Å². The maximum absolute atomic E-state index is 12.1. The molecule has 0 radical (unpaired) electrons. The number of hydrogen-bond acceptors (Lipinski definition) is 5. The molecule has 0 N–H and O–H groups in total. The second-order valence-electron chi connectivity index (χ2n) is 4.97. The minimum Gasteiger partial charge on any atom is -0.492 e. The Morgan fingerprint density at radius 1 is 1.09 bits per heavy atom. The third-order valence-electron chi connectivity index (χ3n) is 3.35. The van der Waals surface area contributed by atoms with Crippen molar-refractivity contribution in [3.05, 3.63) is 59.7 Å². The Bertz CT molecular complexity index is 810. The van der Waals surface area contributed by atoms with Crippen LogP contribution in [0.3, 0.4) is 0 Å². The van der Waals surface area contributed by atoms with Gasteiger partial charge in [0, 0.05) is 12.0 Å². The fourth-order valence-electron chi connectivity index (χ4n) is 2.16. The zero-order valence-corrected chi connectivity index (χ0v) is 12.8. The van der Waals surface area contributed by atoms with Gasteiger partial charge < -0.3 is 4.74 Å². The molecule has 1 aliphatic rings. The third-order valence-corrected chi connectivity index (χ3v) is 4.47. The number of nitrogens with zero attached hydrogens (tertiary/aromatic N) is 1. The monoisotopic (exact) mass is 317 g/mol. The van der Waals surface area contributed by atoms with Gasteiger partial charge in [0.1, 0.15) is 10.6 Å². The van der Waals surface area contributed by atoms with Crippen molar-refractivity contribution >= 4 is 15.8 Å². The topological polar surface area (TPSA) is 65.0 Å². The van der Waals surface area contributed by atoms with Crippen LogP contribution in [0.25, 0.3) is 0 Å². The van der Waals surface area contributed by atoms with Gasteiger partial charge in [-0.2, -0.15) is 8.42 Å². The molecule has 0 saturated carbocycles. The standard InChI is InChI=1S/C16H15NO4S/c1-12-6-8-13(9-7-12)22(18,19)21-17-15-10-11-20-16-5-3-2-4-14(15)16/h2-9H,10-11H2,1H3/b17-15+. The van der Waals surface area contributed by atoms with Gasteiger partial charge in [0.05, 0.1) is 12.3 Å². The van der Waals surface area contributed by atoms with E-state index in [0.717, 1.165) is 11.1 Å². The lowest BCUT2D eigenvalue weighted by Gasteiger charge is -2.18. The Morgan fingerprint density at radius 3 is 2.59 bits per heavy atom. The molecule has 0 fully saturated rings. The molecule has 0 aliphatic carbocycles. The maximum atomic E-state index is 12.1. The van der Waals surface area contributed by atoms with Gasteiger partial charge in [-0.3, -0.25) is 4.28 Å². The lowest BCUT2D eigenvalue weighted by atomic mass is 10.0. The second-order valence-corrected chi connectivity index (χ2v) is 6.50. The normalized spacial score (nSPS) is 16.0. The van der Waals surface area contributed by atoms with E-state index in [1.807, 2.05) is 31.2 Å². The molecule has 0 atom stereocenters. The SMILES string of the molecule is Cc1ccc(S(=O)(=O)O/N=C2\CCOc3ccccc32)cc1. The van der Waals surface area contributed by atoms with Gasteiger partial charge >= 0.3 is 10.1 Å². The Balaban J connectivity index is 1.87. The third kappa shape index (κ3) is 2.96. The van der Waals surface area contributed by atoms with Gasteiger partial charge in [-0.15, -0.1) is 0 Å². The average molecular weight is 317 g/mol. The number of oxime groups is 1. The van der Waals surface area contributed by atoms with Crippen LogP contribution in [0.2, 0.25) is 0 Å². The van der Waals surface area contributed by atoms with E-state index < -0.39 is 10.1 Å². The number of ether oxygens (including phenoxy) is 1. The first-order valence-corrected chi connectivity index (χ1v) is 8.26. The summed E-state index contributed by atoms with van der Waals surface area (Å²) < 4.78 is 34.6. The highest BCUT2D eigenvalue weighted by Gasteiger charge is 2.20. The van der Waals surface area contributed by atoms with Crippen molar-refractivity contribution in [3.8, 4) is 5.75 Å². The largest absolute Gasteiger partial charge is 0.492 e. The average Bonchev–Trinajstić information content (AvgIpc) is 2.53. The van der Waals surface area contributed by atoms with Crippen molar-refractivity contribution in [1.29, 1.82) is 0 Å². The first kappa shape index (κ1) is 14.6. The molecule has 3 rings (SSSR count). The molecule has 0 unspecified atom stereocenters.